The zero-order valence-electron chi connectivity index (χ0n) is 12.6. The second-order valence-electron chi connectivity index (χ2n) is 5.15. The van der Waals surface area contributed by atoms with Gasteiger partial charge in [0.1, 0.15) is 0 Å². The van der Waals surface area contributed by atoms with E-state index in [-0.39, 0.29) is 0 Å². The van der Waals surface area contributed by atoms with Crippen molar-refractivity contribution in [2.24, 2.45) is 0 Å². The minimum Gasteiger partial charge on any atom is -0.309 e. The van der Waals surface area contributed by atoms with Crippen molar-refractivity contribution in [2.75, 3.05) is 19.6 Å². The highest BCUT2D eigenvalue weighted by Gasteiger charge is 2.06. The topological polar surface area (TPSA) is 41.0 Å². The molecule has 2 aromatic rings. The molecule has 1 unspecified atom stereocenters. The van der Waals surface area contributed by atoms with Crippen LogP contribution in [0.5, 0.6) is 0 Å². The van der Waals surface area contributed by atoms with Gasteiger partial charge in [-0.2, -0.15) is 0 Å². The van der Waals surface area contributed by atoms with Gasteiger partial charge in [-0.15, -0.1) is 0 Å². The fourth-order valence-electron chi connectivity index (χ4n) is 2.34. The highest BCUT2D eigenvalue weighted by Crippen LogP contribution is 2.10. The molecule has 1 heterocycles. The third-order valence-corrected chi connectivity index (χ3v) is 3.61. The predicted octanol–water partition coefficient (Wildman–Crippen LogP) is 2.45. The van der Waals surface area contributed by atoms with Gasteiger partial charge in [0.05, 0.1) is 11.0 Å². The van der Waals surface area contributed by atoms with Gasteiger partial charge in [0, 0.05) is 31.5 Å². The highest BCUT2D eigenvalue weighted by atomic mass is 15.1. The van der Waals surface area contributed by atoms with Crippen LogP contribution in [-0.2, 0) is 6.54 Å². The Morgan fingerprint density at radius 1 is 1.10 bits per heavy atom. The summed E-state index contributed by atoms with van der Waals surface area (Å²) in [5, 5.41) is 3.57. The van der Waals surface area contributed by atoms with E-state index in [0.717, 1.165) is 37.2 Å². The van der Waals surface area contributed by atoms with Gasteiger partial charge in [-0.25, -0.2) is 0 Å². The predicted molar refractivity (Wildman–Crippen MR) is 83.6 cm³/mol. The smallest absolute Gasteiger partial charge is 0.0890 e. The Bertz CT molecular complexity index is 537. The molecule has 4 nitrogen and oxygen atoms in total. The highest BCUT2D eigenvalue weighted by molar-refractivity contribution is 5.74. The Kier molecular flexibility index (Phi) is 5.44. The lowest BCUT2D eigenvalue weighted by Gasteiger charge is -2.23. The normalized spacial score (nSPS) is 13.0. The molecule has 0 radical (unpaired) electrons. The number of nitrogens with zero attached hydrogens (tertiary/aromatic N) is 3. The van der Waals surface area contributed by atoms with Gasteiger partial charge in [-0.1, -0.05) is 19.9 Å². The second kappa shape index (κ2) is 7.31. The number of hydrogen-bond donors (Lipinski definition) is 1. The Hall–Kier alpha value is -1.52. The number of hydrogen-bond acceptors (Lipinski definition) is 4. The molecule has 1 N–H and O–H groups in total. The van der Waals surface area contributed by atoms with Crippen molar-refractivity contribution in [3.63, 3.8) is 0 Å². The molecule has 0 saturated carbocycles. The number of likely N-dealkylation sites (N-methyl/N-ethyl adjacent to an activating group) is 1. The average Bonchev–Trinajstić information content (AvgIpc) is 2.50. The summed E-state index contributed by atoms with van der Waals surface area (Å²) in [4.78, 5) is 11.1. The van der Waals surface area contributed by atoms with Gasteiger partial charge in [0.2, 0.25) is 0 Å². The number of nitrogens with one attached hydrogen (secondary N) is 1. The molecule has 1 aromatic heterocycles. The van der Waals surface area contributed by atoms with E-state index in [2.05, 4.69) is 53.1 Å². The molecule has 0 aliphatic rings. The fourth-order valence-corrected chi connectivity index (χ4v) is 2.34. The van der Waals surface area contributed by atoms with Gasteiger partial charge in [-0.05, 0) is 37.7 Å². The van der Waals surface area contributed by atoms with E-state index in [1.165, 1.54) is 5.56 Å². The van der Waals surface area contributed by atoms with Crippen LogP contribution in [0.4, 0.5) is 0 Å². The maximum absolute atomic E-state index is 4.35. The summed E-state index contributed by atoms with van der Waals surface area (Å²) in [6, 6.07) is 6.75. The van der Waals surface area contributed by atoms with Crippen LogP contribution < -0.4 is 5.32 Å². The third-order valence-electron chi connectivity index (χ3n) is 3.61. The van der Waals surface area contributed by atoms with E-state index in [9.17, 15) is 0 Å². The number of rotatable bonds is 7. The first-order valence-corrected chi connectivity index (χ1v) is 7.38. The van der Waals surface area contributed by atoms with Gasteiger partial charge in [0.25, 0.3) is 0 Å². The van der Waals surface area contributed by atoms with Gasteiger partial charge in [0.15, 0.2) is 0 Å². The molecule has 0 spiro atoms. The van der Waals surface area contributed by atoms with E-state index in [0.29, 0.717) is 6.04 Å². The molecule has 20 heavy (non-hydrogen) atoms. The molecule has 4 heteroatoms. The van der Waals surface area contributed by atoms with Crippen molar-refractivity contribution in [1.29, 1.82) is 0 Å². The maximum Gasteiger partial charge on any atom is 0.0890 e. The Morgan fingerprint density at radius 3 is 2.50 bits per heavy atom. The molecule has 0 fully saturated rings. The van der Waals surface area contributed by atoms with Crippen molar-refractivity contribution < 1.29 is 0 Å². The van der Waals surface area contributed by atoms with Crippen LogP contribution in [0.2, 0.25) is 0 Å². The minimum atomic E-state index is 0.479. The SMILES string of the molecule is CCN(CC)CC(C)NCc1ccc2nccnc2c1. The quantitative estimate of drug-likeness (QED) is 0.840. The zero-order valence-corrected chi connectivity index (χ0v) is 12.6. The van der Waals surface area contributed by atoms with Crippen molar-refractivity contribution in [2.45, 2.75) is 33.4 Å². The molecule has 0 aliphatic heterocycles. The van der Waals surface area contributed by atoms with Crippen molar-refractivity contribution in [3.8, 4) is 0 Å². The van der Waals surface area contributed by atoms with Crippen molar-refractivity contribution >= 4 is 11.0 Å². The summed E-state index contributed by atoms with van der Waals surface area (Å²) in [5.41, 5.74) is 3.17. The molecule has 0 saturated heterocycles. The van der Waals surface area contributed by atoms with Crippen LogP contribution >= 0.6 is 0 Å². The number of fused-ring (bicyclic) bond motifs is 1. The molecular weight excluding hydrogens is 248 g/mol. The second-order valence-corrected chi connectivity index (χ2v) is 5.15. The molecular formula is C16H24N4. The average molecular weight is 272 g/mol. The molecule has 0 aliphatic carbocycles. The Morgan fingerprint density at radius 2 is 1.80 bits per heavy atom. The first-order valence-electron chi connectivity index (χ1n) is 7.38. The molecule has 2 rings (SSSR count). The lowest BCUT2D eigenvalue weighted by atomic mass is 10.2. The standard InChI is InChI=1S/C16H24N4/c1-4-20(5-2)12-13(3)19-11-14-6-7-15-16(10-14)18-9-8-17-15/h6-10,13,19H,4-5,11-12H2,1-3H3. The van der Waals surface area contributed by atoms with Crippen LogP contribution in [-0.4, -0.2) is 40.5 Å². The van der Waals surface area contributed by atoms with Crippen LogP contribution in [0.15, 0.2) is 30.6 Å². The largest absolute Gasteiger partial charge is 0.309 e. The van der Waals surface area contributed by atoms with Crippen LogP contribution in [0.25, 0.3) is 11.0 Å². The summed E-state index contributed by atoms with van der Waals surface area (Å²) in [6.45, 7) is 10.8. The summed E-state index contributed by atoms with van der Waals surface area (Å²) in [6.07, 6.45) is 3.47. The van der Waals surface area contributed by atoms with Crippen molar-refractivity contribution in [3.05, 3.63) is 36.2 Å². The Balaban J connectivity index is 1.92. The third kappa shape index (κ3) is 3.99. The summed E-state index contributed by atoms with van der Waals surface area (Å²) < 4.78 is 0. The van der Waals surface area contributed by atoms with Crippen LogP contribution in [0.3, 0.4) is 0 Å². The molecule has 108 valence electrons. The lowest BCUT2D eigenvalue weighted by molar-refractivity contribution is 0.270. The van der Waals surface area contributed by atoms with E-state index in [1.54, 1.807) is 12.4 Å². The number of benzene rings is 1. The van der Waals surface area contributed by atoms with Crippen LogP contribution in [0.1, 0.15) is 26.3 Å². The van der Waals surface area contributed by atoms with Crippen LogP contribution in [0, 0.1) is 0 Å². The monoisotopic (exact) mass is 272 g/mol. The Labute approximate surface area is 121 Å². The maximum atomic E-state index is 4.35. The summed E-state index contributed by atoms with van der Waals surface area (Å²) >= 11 is 0. The minimum absolute atomic E-state index is 0.479. The first-order chi connectivity index (χ1) is 9.72. The fraction of sp³-hybridized carbons (Fsp3) is 0.500. The van der Waals surface area contributed by atoms with E-state index in [1.807, 2.05) is 6.07 Å². The van der Waals surface area contributed by atoms with E-state index < -0.39 is 0 Å². The lowest BCUT2D eigenvalue weighted by Crippen LogP contribution is -2.38. The summed E-state index contributed by atoms with van der Waals surface area (Å²) in [5.74, 6) is 0. The van der Waals surface area contributed by atoms with Gasteiger partial charge in [-0.3, -0.25) is 9.97 Å². The van der Waals surface area contributed by atoms with E-state index >= 15 is 0 Å². The first kappa shape index (κ1) is 14.9. The van der Waals surface area contributed by atoms with Gasteiger partial charge < -0.3 is 10.2 Å². The zero-order chi connectivity index (χ0) is 14.4. The van der Waals surface area contributed by atoms with Gasteiger partial charge >= 0.3 is 0 Å². The number of aromatic nitrogens is 2. The molecule has 0 bridgehead atoms. The summed E-state index contributed by atoms with van der Waals surface area (Å²) in [7, 11) is 0. The molecule has 1 atom stereocenters. The molecule has 0 amide bonds. The van der Waals surface area contributed by atoms with E-state index in [4.69, 9.17) is 0 Å². The molecule has 1 aromatic carbocycles. The van der Waals surface area contributed by atoms with Crippen molar-refractivity contribution in [1.82, 2.24) is 20.2 Å².